The number of nitrogens with one attached hydrogen (secondary N) is 1. The fourth-order valence-corrected chi connectivity index (χ4v) is 5.18. The summed E-state index contributed by atoms with van der Waals surface area (Å²) in [5.74, 6) is 0.250. The molecule has 0 unspecified atom stereocenters. The summed E-state index contributed by atoms with van der Waals surface area (Å²) in [6.07, 6.45) is 3.77. The standard InChI is InChI=1S/C32H24N4O2/c37-27(20-13-14-20)19-26-28(24-15-16-25-23(18-24)12-7-17-33-25)32(38)36-31(34-26)29(21-8-3-1-4-9-21)30(35-36)22-10-5-2-6-11-22/h1-12,15-18,20,34H,13-14,19H2. The monoisotopic (exact) mass is 496 g/mol. The van der Waals surface area contributed by atoms with Gasteiger partial charge >= 0.3 is 0 Å². The molecule has 6 aromatic rings. The number of pyridine rings is 1. The maximum atomic E-state index is 14.2. The number of H-pyrrole nitrogens is 1. The van der Waals surface area contributed by atoms with E-state index in [1.165, 1.54) is 4.52 Å². The number of benzene rings is 3. The van der Waals surface area contributed by atoms with Gasteiger partial charge in [-0.05, 0) is 42.2 Å². The minimum absolute atomic E-state index is 0.0850. The van der Waals surface area contributed by atoms with Gasteiger partial charge in [-0.3, -0.25) is 14.6 Å². The first-order valence-corrected chi connectivity index (χ1v) is 12.8. The van der Waals surface area contributed by atoms with Gasteiger partial charge in [0.1, 0.15) is 17.1 Å². The number of ketones is 1. The Labute approximate surface area is 218 Å². The molecule has 0 aliphatic heterocycles. The van der Waals surface area contributed by atoms with Crippen LogP contribution in [0.2, 0.25) is 0 Å². The van der Waals surface area contributed by atoms with Gasteiger partial charge in [-0.15, -0.1) is 0 Å². The molecule has 1 fully saturated rings. The summed E-state index contributed by atoms with van der Waals surface area (Å²) in [5.41, 5.74) is 6.43. The summed E-state index contributed by atoms with van der Waals surface area (Å²) in [4.78, 5) is 35.2. The molecular weight excluding hydrogens is 472 g/mol. The zero-order valence-corrected chi connectivity index (χ0v) is 20.6. The lowest BCUT2D eigenvalue weighted by atomic mass is 9.98. The minimum Gasteiger partial charge on any atom is -0.342 e. The second kappa shape index (κ2) is 8.92. The summed E-state index contributed by atoms with van der Waals surface area (Å²) in [5, 5.41) is 5.78. The molecule has 0 bridgehead atoms. The largest absolute Gasteiger partial charge is 0.342 e. The topological polar surface area (TPSA) is 80.1 Å². The Morgan fingerprint density at radius 3 is 2.32 bits per heavy atom. The highest BCUT2D eigenvalue weighted by Crippen LogP contribution is 2.36. The number of nitrogens with zero attached hydrogens (tertiary/aromatic N) is 3. The maximum absolute atomic E-state index is 14.2. The van der Waals surface area contributed by atoms with Gasteiger partial charge in [-0.2, -0.15) is 9.61 Å². The number of fused-ring (bicyclic) bond motifs is 2. The van der Waals surface area contributed by atoms with Crippen molar-refractivity contribution in [3.8, 4) is 33.5 Å². The van der Waals surface area contributed by atoms with Crippen LogP contribution in [0.15, 0.2) is 102 Å². The molecule has 1 saturated carbocycles. The second-order valence-electron chi connectivity index (χ2n) is 9.83. The number of hydrogen-bond acceptors (Lipinski definition) is 4. The number of aromatic amines is 1. The number of rotatable bonds is 6. The lowest BCUT2D eigenvalue weighted by Crippen LogP contribution is -2.22. The van der Waals surface area contributed by atoms with Crippen LogP contribution in [-0.4, -0.2) is 25.4 Å². The quantitative estimate of drug-likeness (QED) is 0.302. The van der Waals surface area contributed by atoms with E-state index in [0.717, 1.165) is 46.0 Å². The number of Topliss-reactive ketones (excluding diaryl/α,β-unsaturated/α-hetero) is 1. The third-order valence-electron chi connectivity index (χ3n) is 7.25. The summed E-state index contributed by atoms with van der Waals surface area (Å²) >= 11 is 0. The van der Waals surface area contributed by atoms with Gasteiger partial charge in [0.25, 0.3) is 5.56 Å². The molecule has 3 aromatic heterocycles. The molecule has 38 heavy (non-hydrogen) atoms. The van der Waals surface area contributed by atoms with E-state index in [4.69, 9.17) is 5.10 Å². The van der Waals surface area contributed by atoms with Crippen LogP contribution < -0.4 is 5.56 Å². The highest BCUT2D eigenvalue weighted by molar-refractivity contribution is 5.93. The van der Waals surface area contributed by atoms with E-state index in [-0.39, 0.29) is 23.7 Å². The maximum Gasteiger partial charge on any atom is 0.282 e. The molecule has 3 aromatic carbocycles. The zero-order valence-electron chi connectivity index (χ0n) is 20.6. The van der Waals surface area contributed by atoms with Crippen molar-refractivity contribution in [1.29, 1.82) is 0 Å². The Morgan fingerprint density at radius 2 is 1.58 bits per heavy atom. The van der Waals surface area contributed by atoms with Crippen LogP contribution in [0.4, 0.5) is 0 Å². The third kappa shape index (κ3) is 3.82. The first-order valence-electron chi connectivity index (χ1n) is 12.8. The van der Waals surface area contributed by atoms with Crippen LogP contribution in [0.1, 0.15) is 18.5 Å². The molecule has 0 saturated heterocycles. The summed E-state index contributed by atoms with van der Waals surface area (Å²) in [6.45, 7) is 0. The molecule has 1 N–H and O–H groups in total. The van der Waals surface area contributed by atoms with Crippen molar-refractivity contribution in [1.82, 2.24) is 19.6 Å². The van der Waals surface area contributed by atoms with Gasteiger partial charge in [-0.1, -0.05) is 72.8 Å². The van der Waals surface area contributed by atoms with Gasteiger partial charge in [0.2, 0.25) is 0 Å². The highest BCUT2D eigenvalue weighted by atomic mass is 16.1. The molecule has 0 spiro atoms. The number of carbonyl (C=O) groups excluding carboxylic acids is 1. The fraction of sp³-hybridized carbons (Fsp3) is 0.125. The molecule has 184 valence electrons. The van der Waals surface area contributed by atoms with Crippen molar-refractivity contribution in [2.45, 2.75) is 19.3 Å². The number of hydrogen-bond donors (Lipinski definition) is 1. The van der Waals surface area contributed by atoms with Crippen molar-refractivity contribution in [2.24, 2.45) is 5.92 Å². The van der Waals surface area contributed by atoms with Gasteiger partial charge in [0.15, 0.2) is 0 Å². The van der Waals surface area contributed by atoms with Crippen molar-refractivity contribution < 1.29 is 4.79 Å². The van der Waals surface area contributed by atoms with E-state index >= 15 is 0 Å². The molecule has 0 amide bonds. The Hall–Kier alpha value is -4.84. The summed E-state index contributed by atoms with van der Waals surface area (Å²) in [7, 11) is 0. The molecule has 6 nitrogen and oxygen atoms in total. The van der Waals surface area contributed by atoms with E-state index in [2.05, 4.69) is 9.97 Å². The predicted molar refractivity (Wildman–Crippen MR) is 149 cm³/mol. The van der Waals surface area contributed by atoms with E-state index in [0.29, 0.717) is 22.6 Å². The van der Waals surface area contributed by atoms with Crippen LogP contribution in [0.25, 0.3) is 50.1 Å². The normalized spacial score (nSPS) is 13.3. The van der Waals surface area contributed by atoms with Crippen LogP contribution in [0, 0.1) is 5.92 Å². The van der Waals surface area contributed by atoms with Gasteiger partial charge in [-0.25, -0.2) is 0 Å². The number of carbonyl (C=O) groups is 1. The van der Waals surface area contributed by atoms with E-state index in [1.807, 2.05) is 91.0 Å². The Bertz CT molecular complexity index is 1880. The lowest BCUT2D eigenvalue weighted by molar-refractivity contribution is -0.119. The van der Waals surface area contributed by atoms with Crippen LogP contribution in [0.3, 0.4) is 0 Å². The van der Waals surface area contributed by atoms with Gasteiger partial charge in [0.05, 0.1) is 16.6 Å². The zero-order chi connectivity index (χ0) is 25.6. The van der Waals surface area contributed by atoms with E-state index in [1.54, 1.807) is 6.20 Å². The van der Waals surface area contributed by atoms with Gasteiger partial charge < -0.3 is 4.98 Å². The summed E-state index contributed by atoms with van der Waals surface area (Å²) < 4.78 is 1.46. The van der Waals surface area contributed by atoms with E-state index in [9.17, 15) is 9.59 Å². The molecule has 6 heteroatoms. The van der Waals surface area contributed by atoms with Crippen molar-refractivity contribution in [3.05, 3.63) is 113 Å². The minimum atomic E-state index is -0.250. The van der Waals surface area contributed by atoms with Crippen LogP contribution in [-0.2, 0) is 11.2 Å². The van der Waals surface area contributed by atoms with Crippen molar-refractivity contribution in [3.63, 3.8) is 0 Å². The Morgan fingerprint density at radius 1 is 0.842 bits per heavy atom. The lowest BCUT2D eigenvalue weighted by Gasteiger charge is -2.12. The number of aromatic nitrogens is 4. The smallest absolute Gasteiger partial charge is 0.282 e. The highest BCUT2D eigenvalue weighted by Gasteiger charge is 2.31. The first kappa shape index (κ1) is 22.4. The average Bonchev–Trinajstić information content (AvgIpc) is 3.75. The van der Waals surface area contributed by atoms with E-state index < -0.39 is 0 Å². The first-order chi connectivity index (χ1) is 18.7. The fourth-order valence-electron chi connectivity index (χ4n) is 5.18. The van der Waals surface area contributed by atoms with Crippen LogP contribution in [0.5, 0.6) is 0 Å². The average molecular weight is 497 g/mol. The molecule has 0 radical (unpaired) electrons. The van der Waals surface area contributed by atoms with Crippen LogP contribution >= 0.6 is 0 Å². The van der Waals surface area contributed by atoms with Crippen molar-refractivity contribution >= 4 is 22.3 Å². The molecule has 7 rings (SSSR count). The second-order valence-corrected chi connectivity index (χ2v) is 9.83. The molecule has 1 aliphatic carbocycles. The molecule has 1 aliphatic rings. The Balaban J connectivity index is 1.54. The SMILES string of the molecule is O=C(Cc1[nH]c2c(-c3ccccc3)c(-c3ccccc3)nn2c(=O)c1-c1ccc2ncccc2c1)C1CC1. The predicted octanol–water partition coefficient (Wildman–Crippen LogP) is 6.09. The molecular formula is C32H24N4O2. The molecule has 3 heterocycles. The third-order valence-corrected chi connectivity index (χ3v) is 7.25. The molecule has 0 atom stereocenters. The van der Waals surface area contributed by atoms with Gasteiger partial charge in [0, 0.05) is 35.2 Å². The van der Waals surface area contributed by atoms with Crippen molar-refractivity contribution in [2.75, 3.05) is 0 Å². The Kier molecular flexibility index (Phi) is 5.25. The summed E-state index contributed by atoms with van der Waals surface area (Å²) in [6, 6.07) is 29.4.